The van der Waals surface area contributed by atoms with Crippen molar-refractivity contribution < 1.29 is 9.53 Å². The van der Waals surface area contributed by atoms with Crippen LogP contribution in [-0.2, 0) is 9.53 Å². The van der Waals surface area contributed by atoms with Crippen molar-refractivity contribution in [3.05, 3.63) is 35.4 Å². The van der Waals surface area contributed by atoms with Crippen molar-refractivity contribution in [2.75, 3.05) is 44.9 Å². The van der Waals surface area contributed by atoms with E-state index in [-0.39, 0.29) is 5.91 Å². The molecule has 0 aromatic heterocycles. The van der Waals surface area contributed by atoms with Gasteiger partial charge in [0.1, 0.15) is 0 Å². The van der Waals surface area contributed by atoms with Crippen molar-refractivity contribution in [1.82, 2.24) is 10.2 Å². The zero-order chi connectivity index (χ0) is 15.8. The summed E-state index contributed by atoms with van der Waals surface area (Å²) in [6, 6.07) is 9.02. The van der Waals surface area contributed by atoms with Crippen LogP contribution in [0.2, 0.25) is 0 Å². The Morgan fingerprint density at radius 3 is 2.91 bits per heavy atom. The normalized spacial score (nSPS) is 19.1. The van der Waals surface area contributed by atoms with Gasteiger partial charge in [0, 0.05) is 44.4 Å². The molecular formula is C17H26N2O2S. The lowest BCUT2D eigenvalue weighted by Crippen LogP contribution is -2.43. The fourth-order valence-corrected chi connectivity index (χ4v) is 3.76. The molecule has 1 aliphatic rings. The molecule has 0 bridgehead atoms. The van der Waals surface area contributed by atoms with E-state index in [1.54, 1.807) is 7.11 Å². The molecule has 1 N–H and O–H groups in total. The van der Waals surface area contributed by atoms with Gasteiger partial charge in [-0.2, -0.15) is 11.8 Å². The Morgan fingerprint density at radius 2 is 2.18 bits per heavy atom. The van der Waals surface area contributed by atoms with E-state index in [4.69, 9.17) is 4.74 Å². The summed E-state index contributed by atoms with van der Waals surface area (Å²) in [6.07, 6.45) is 0.861. The first-order chi connectivity index (χ1) is 10.7. The van der Waals surface area contributed by atoms with Gasteiger partial charge in [0.25, 0.3) is 0 Å². The second-order valence-corrected chi connectivity index (χ2v) is 6.82. The van der Waals surface area contributed by atoms with Gasteiger partial charge < -0.3 is 10.1 Å². The van der Waals surface area contributed by atoms with E-state index in [0.29, 0.717) is 25.7 Å². The maximum absolute atomic E-state index is 12.1. The molecule has 122 valence electrons. The quantitative estimate of drug-likeness (QED) is 0.782. The average molecular weight is 322 g/mol. The van der Waals surface area contributed by atoms with E-state index in [0.717, 1.165) is 24.5 Å². The average Bonchev–Trinajstić information content (AvgIpc) is 2.53. The van der Waals surface area contributed by atoms with Crippen LogP contribution in [0.1, 0.15) is 23.6 Å². The molecule has 0 aliphatic carbocycles. The lowest BCUT2D eigenvalue weighted by molar-refractivity contribution is -0.122. The number of aryl methyl sites for hydroxylation is 1. The first kappa shape index (κ1) is 17.3. The van der Waals surface area contributed by atoms with Crippen LogP contribution in [0.4, 0.5) is 0 Å². The van der Waals surface area contributed by atoms with E-state index < -0.39 is 0 Å². The number of benzene rings is 1. The van der Waals surface area contributed by atoms with Crippen molar-refractivity contribution in [1.29, 1.82) is 0 Å². The lowest BCUT2D eigenvalue weighted by atomic mass is 10.0. The number of thioether (sulfide) groups is 1. The number of carbonyl (C=O) groups excluding carboxylic acids is 1. The smallest absolute Gasteiger partial charge is 0.234 e. The highest BCUT2D eigenvalue weighted by atomic mass is 32.2. The van der Waals surface area contributed by atoms with E-state index in [1.165, 1.54) is 11.1 Å². The molecule has 1 saturated heterocycles. The van der Waals surface area contributed by atoms with Crippen molar-refractivity contribution in [2.45, 2.75) is 19.4 Å². The van der Waals surface area contributed by atoms with Gasteiger partial charge in [0.05, 0.1) is 6.54 Å². The molecule has 0 saturated carbocycles. The summed E-state index contributed by atoms with van der Waals surface area (Å²) >= 11 is 1.97. The highest BCUT2D eigenvalue weighted by Crippen LogP contribution is 2.29. The Kier molecular flexibility index (Phi) is 7.22. The Morgan fingerprint density at radius 1 is 1.41 bits per heavy atom. The molecule has 2 rings (SSSR count). The second-order valence-electron chi connectivity index (χ2n) is 5.67. The third kappa shape index (κ3) is 5.30. The molecule has 1 aliphatic heterocycles. The summed E-state index contributed by atoms with van der Waals surface area (Å²) in [5.41, 5.74) is 2.58. The van der Waals surface area contributed by atoms with Gasteiger partial charge in [0.15, 0.2) is 0 Å². The Balaban J connectivity index is 1.89. The molecule has 1 fully saturated rings. The second kappa shape index (κ2) is 9.18. The van der Waals surface area contributed by atoms with Crippen LogP contribution in [-0.4, -0.2) is 55.7 Å². The number of methoxy groups -OCH3 is 1. The van der Waals surface area contributed by atoms with Gasteiger partial charge in [0.2, 0.25) is 5.91 Å². The third-order valence-electron chi connectivity index (χ3n) is 3.90. The van der Waals surface area contributed by atoms with Crippen molar-refractivity contribution in [3.63, 3.8) is 0 Å². The van der Waals surface area contributed by atoms with E-state index in [1.807, 2.05) is 11.8 Å². The van der Waals surface area contributed by atoms with Crippen LogP contribution in [0, 0.1) is 6.92 Å². The number of hydrogen-bond donors (Lipinski definition) is 1. The fraction of sp³-hybridized carbons (Fsp3) is 0.588. The highest BCUT2D eigenvalue weighted by Gasteiger charge is 2.25. The van der Waals surface area contributed by atoms with Crippen LogP contribution < -0.4 is 5.32 Å². The monoisotopic (exact) mass is 322 g/mol. The van der Waals surface area contributed by atoms with Gasteiger partial charge in [-0.15, -0.1) is 0 Å². The van der Waals surface area contributed by atoms with E-state index in [2.05, 4.69) is 41.4 Å². The topological polar surface area (TPSA) is 41.6 Å². The van der Waals surface area contributed by atoms with Crippen molar-refractivity contribution >= 4 is 17.7 Å². The molecule has 1 atom stereocenters. The van der Waals surface area contributed by atoms with Gasteiger partial charge in [-0.25, -0.2) is 0 Å². The van der Waals surface area contributed by atoms with E-state index in [9.17, 15) is 4.79 Å². The molecule has 1 amide bonds. The Hall–Kier alpha value is -1.04. The molecule has 0 spiro atoms. The summed E-state index contributed by atoms with van der Waals surface area (Å²) < 4.78 is 4.99. The summed E-state index contributed by atoms with van der Waals surface area (Å²) in [6.45, 7) is 4.92. The van der Waals surface area contributed by atoms with Crippen LogP contribution in [0.5, 0.6) is 0 Å². The predicted molar refractivity (Wildman–Crippen MR) is 92.3 cm³/mol. The zero-order valence-corrected chi connectivity index (χ0v) is 14.3. The molecule has 22 heavy (non-hydrogen) atoms. The summed E-state index contributed by atoms with van der Waals surface area (Å²) in [4.78, 5) is 14.4. The largest absolute Gasteiger partial charge is 0.385 e. The first-order valence-electron chi connectivity index (χ1n) is 7.84. The highest BCUT2D eigenvalue weighted by molar-refractivity contribution is 7.99. The number of ether oxygens (including phenoxy) is 1. The Labute approximate surface area is 137 Å². The third-order valence-corrected chi connectivity index (χ3v) is 4.92. The molecule has 0 radical (unpaired) electrons. The van der Waals surface area contributed by atoms with Gasteiger partial charge in [-0.1, -0.05) is 29.8 Å². The fourth-order valence-electron chi connectivity index (χ4n) is 2.61. The number of rotatable bonds is 7. The minimum atomic E-state index is 0.111. The van der Waals surface area contributed by atoms with E-state index >= 15 is 0 Å². The number of nitrogens with one attached hydrogen (secondary N) is 1. The summed E-state index contributed by atoms with van der Waals surface area (Å²) in [7, 11) is 1.68. The number of carbonyl (C=O) groups is 1. The molecule has 5 heteroatoms. The van der Waals surface area contributed by atoms with Crippen LogP contribution in [0.25, 0.3) is 0 Å². The van der Waals surface area contributed by atoms with Gasteiger partial charge >= 0.3 is 0 Å². The molecular weight excluding hydrogens is 296 g/mol. The Bertz CT molecular complexity index is 464. The molecule has 4 nitrogen and oxygen atoms in total. The minimum Gasteiger partial charge on any atom is -0.385 e. The maximum atomic E-state index is 12.1. The summed E-state index contributed by atoms with van der Waals surface area (Å²) in [5, 5.41) is 2.98. The van der Waals surface area contributed by atoms with Gasteiger partial charge in [-0.05, 0) is 18.9 Å². The molecule has 1 aromatic rings. The lowest BCUT2D eigenvalue weighted by Gasteiger charge is -2.35. The van der Waals surface area contributed by atoms with Crippen LogP contribution >= 0.6 is 11.8 Å². The minimum absolute atomic E-state index is 0.111. The predicted octanol–water partition coefficient (Wildman–Crippen LogP) is 2.24. The van der Waals surface area contributed by atoms with Gasteiger partial charge in [-0.3, -0.25) is 9.69 Å². The SMILES string of the molecule is COCCCNC(=O)CN1CCSCC1c1ccc(C)cc1. The zero-order valence-electron chi connectivity index (χ0n) is 13.5. The van der Waals surface area contributed by atoms with Crippen LogP contribution in [0.3, 0.4) is 0 Å². The molecule has 1 unspecified atom stereocenters. The summed E-state index contributed by atoms with van der Waals surface area (Å²) in [5.74, 6) is 2.26. The first-order valence-corrected chi connectivity index (χ1v) is 9.00. The standard InChI is InChI=1S/C17H26N2O2S/c1-14-4-6-15(7-5-14)16-13-22-11-9-19(16)12-17(20)18-8-3-10-21-2/h4-7,16H,3,8-13H2,1-2H3,(H,18,20). The molecule has 1 aromatic carbocycles. The number of nitrogens with zero attached hydrogens (tertiary/aromatic N) is 1. The van der Waals surface area contributed by atoms with Crippen LogP contribution in [0.15, 0.2) is 24.3 Å². The number of amides is 1. The number of hydrogen-bond acceptors (Lipinski definition) is 4. The van der Waals surface area contributed by atoms with Crippen molar-refractivity contribution in [2.24, 2.45) is 0 Å². The molecule has 1 heterocycles. The van der Waals surface area contributed by atoms with Crippen molar-refractivity contribution in [3.8, 4) is 0 Å². The maximum Gasteiger partial charge on any atom is 0.234 e.